The third kappa shape index (κ3) is 2.84. The number of ether oxygens (including phenoxy) is 1. The molecule has 0 aliphatic carbocycles. The molecule has 6 nitrogen and oxygen atoms in total. The minimum atomic E-state index is -1.25. The molecule has 2 aromatic carbocycles. The molecular weight excluding hydrogens is 334 g/mol. The van der Waals surface area contributed by atoms with Crippen molar-refractivity contribution in [3.63, 3.8) is 0 Å². The van der Waals surface area contributed by atoms with Crippen LogP contribution in [0.1, 0.15) is 22.3 Å². The zero-order valence-electron chi connectivity index (χ0n) is 13.9. The van der Waals surface area contributed by atoms with Gasteiger partial charge in [0.15, 0.2) is 0 Å². The van der Waals surface area contributed by atoms with E-state index in [1.807, 2.05) is 6.07 Å². The van der Waals surface area contributed by atoms with Crippen LogP contribution < -0.4 is 15.7 Å². The van der Waals surface area contributed by atoms with Crippen molar-refractivity contribution < 1.29 is 19.1 Å². The number of nitrogens with one attached hydrogen (secondary N) is 1. The highest BCUT2D eigenvalue weighted by atomic mass is 16.5. The fourth-order valence-electron chi connectivity index (χ4n) is 3.17. The second kappa shape index (κ2) is 6.31. The van der Waals surface area contributed by atoms with Crippen LogP contribution in [0.4, 0.5) is 0 Å². The van der Waals surface area contributed by atoms with Gasteiger partial charge in [0.25, 0.3) is 5.91 Å². The van der Waals surface area contributed by atoms with Crippen LogP contribution >= 0.6 is 0 Å². The first kappa shape index (κ1) is 16.4. The average Bonchev–Trinajstić information content (AvgIpc) is 2.66. The van der Waals surface area contributed by atoms with Crippen molar-refractivity contribution >= 4 is 16.9 Å². The summed E-state index contributed by atoms with van der Waals surface area (Å²) in [7, 11) is 0. The zero-order valence-corrected chi connectivity index (χ0v) is 13.9. The Morgan fingerprint density at radius 3 is 2.81 bits per heavy atom. The fourth-order valence-corrected chi connectivity index (χ4v) is 3.17. The van der Waals surface area contributed by atoms with Crippen molar-refractivity contribution in [2.75, 3.05) is 13.2 Å². The van der Waals surface area contributed by atoms with Crippen LogP contribution in [0.2, 0.25) is 0 Å². The molecular formula is C20H17NO5. The first-order valence-electron chi connectivity index (χ1n) is 8.33. The van der Waals surface area contributed by atoms with Crippen LogP contribution in [0, 0.1) is 0 Å². The fraction of sp³-hybridized carbons (Fsp3) is 0.200. The summed E-state index contributed by atoms with van der Waals surface area (Å²) in [5, 5.41) is 14.3. The van der Waals surface area contributed by atoms with Gasteiger partial charge in [0.2, 0.25) is 0 Å². The lowest BCUT2D eigenvalue weighted by atomic mass is 9.88. The van der Waals surface area contributed by atoms with Gasteiger partial charge in [-0.25, -0.2) is 4.79 Å². The maximum atomic E-state index is 12.5. The number of amides is 1. The summed E-state index contributed by atoms with van der Waals surface area (Å²) in [5.74, 6) is 0.0163. The summed E-state index contributed by atoms with van der Waals surface area (Å²) in [4.78, 5) is 24.6. The Kier molecular flexibility index (Phi) is 3.97. The second-order valence-corrected chi connectivity index (χ2v) is 6.29. The Hall–Kier alpha value is -3.12. The normalized spacial score (nSPS) is 18.8. The van der Waals surface area contributed by atoms with Crippen LogP contribution in [0.5, 0.6) is 5.75 Å². The van der Waals surface area contributed by atoms with Gasteiger partial charge in [-0.3, -0.25) is 4.79 Å². The second-order valence-electron chi connectivity index (χ2n) is 6.29. The number of carbonyl (C=O) groups is 1. The maximum absolute atomic E-state index is 12.5. The minimum absolute atomic E-state index is 0.0293. The quantitative estimate of drug-likeness (QED) is 0.706. The van der Waals surface area contributed by atoms with E-state index in [9.17, 15) is 14.7 Å². The summed E-state index contributed by atoms with van der Waals surface area (Å²) in [6.07, 6.45) is 0.344. The lowest BCUT2D eigenvalue weighted by Gasteiger charge is -2.34. The molecule has 26 heavy (non-hydrogen) atoms. The van der Waals surface area contributed by atoms with E-state index >= 15 is 0 Å². The molecule has 4 rings (SSSR count). The molecule has 0 spiro atoms. The van der Waals surface area contributed by atoms with E-state index in [4.69, 9.17) is 9.15 Å². The van der Waals surface area contributed by atoms with Crippen LogP contribution in [-0.4, -0.2) is 24.2 Å². The van der Waals surface area contributed by atoms with E-state index in [1.54, 1.807) is 42.5 Å². The van der Waals surface area contributed by atoms with Gasteiger partial charge in [-0.2, -0.15) is 0 Å². The van der Waals surface area contributed by atoms with Crippen LogP contribution in [0.25, 0.3) is 11.0 Å². The van der Waals surface area contributed by atoms with Gasteiger partial charge in [-0.05, 0) is 18.2 Å². The standard InChI is InChI=1S/C20H17NO5/c22-18(14-11-13-5-1-3-7-16(13)26-19(14)23)21-12-20(24)9-10-25-17-8-4-2-6-15(17)20/h1-8,11,24H,9-10,12H2,(H,21,22). The Balaban J connectivity index is 1.58. The summed E-state index contributed by atoms with van der Waals surface area (Å²) in [5.41, 5.74) is -1.00. The largest absolute Gasteiger partial charge is 0.493 e. The highest BCUT2D eigenvalue weighted by Gasteiger charge is 2.36. The molecule has 132 valence electrons. The van der Waals surface area contributed by atoms with Crippen LogP contribution in [0.3, 0.4) is 0 Å². The molecule has 1 amide bonds. The van der Waals surface area contributed by atoms with Gasteiger partial charge < -0.3 is 19.6 Å². The molecule has 0 bridgehead atoms. The molecule has 2 N–H and O–H groups in total. The third-order valence-electron chi connectivity index (χ3n) is 4.59. The first-order chi connectivity index (χ1) is 12.6. The van der Waals surface area contributed by atoms with Gasteiger partial charge in [-0.15, -0.1) is 0 Å². The van der Waals surface area contributed by atoms with Gasteiger partial charge in [0.1, 0.15) is 22.5 Å². The highest BCUT2D eigenvalue weighted by molar-refractivity contribution is 5.96. The molecule has 3 aromatic rings. The smallest absolute Gasteiger partial charge is 0.349 e. The van der Waals surface area contributed by atoms with Crippen molar-refractivity contribution in [1.29, 1.82) is 0 Å². The summed E-state index contributed by atoms with van der Waals surface area (Å²) in [6.45, 7) is 0.319. The summed E-state index contributed by atoms with van der Waals surface area (Å²) < 4.78 is 10.7. The number of para-hydroxylation sites is 2. The number of aliphatic hydroxyl groups is 1. The molecule has 6 heteroatoms. The molecule has 1 aliphatic rings. The third-order valence-corrected chi connectivity index (χ3v) is 4.59. The van der Waals surface area contributed by atoms with E-state index in [1.165, 1.54) is 6.07 Å². The van der Waals surface area contributed by atoms with Crippen LogP contribution in [-0.2, 0) is 5.60 Å². The Morgan fingerprint density at radius 2 is 1.92 bits per heavy atom. The van der Waals surface area contributed by atoms with Gasteiger partial charge in [-0.1, -0.05) is 36.4 Å². The average molecular weight is 351 g/mol. The highest BCUT2D eigenvalue weighted by Crippen LogP contribution is 2.36. The monoisotopic (exact) mass is 351 g/mol. The molecule has 0 saturated heterocycles. The van der Waals surface area contributed by atoms with E-state index < -0.39 is 17.1 Å². The lowest BCUT2D eigenvalue weighted by molar-refractivity contribution is -0.00163. The van der Waals surface area contributed by atoms with E-state index in [0.29, 0.717) is 35.3 Å². The van der Waals surface area contributed by atoms with Crippen molar-refractivity contribution in [2.45, 2.75) is 12.0 Å². The maximum Gasteiger partial charge on any atom is 0.349 e. The van der Waals surface area contributed by atoms with Crippen molar-refractivity contribution in [2.24, 2.45) is 0 Å². The molecule has 1 unspecified atom stereocenters. The number of hydrogen-bond acceptors (Lipinski definition) is 5. The molecule has 1 aromatic heterocycles. The predicted octanol–water partition coefficient (Wildman–Crippen LogP) is 2.19. The Labute approximate surface area is 149 Å². The molecule has 1 atom stereocenters. The molecule has 2 heterocycles. The summed E-state index contributed by atoms with van der Waals surface area (Å²) >= 11 is 0. The van der Waals surface area contributed by atoms with E-state index in [0.717, 1.165) is 0 Å². The van der Waals surface area contributed by atoms with Gasteiger partial charge in [0, 0.05) is 17.4 Å². The van der Waals surface area contributed by atoms with Gasteiger partial charge in [0.05, 0.1) is 13.2 Å². The number of benzene rings is 2. The topological polar surface area (TPSA) is 88.8 Å². The number of rotatable bonds is 3. The Morgan fingerprint density at radius 1 is 1.15 bits per heavy atom. The predicted molar refractivity (Wildman–Crippen MR) is 95.3 cm³/mol. The van der Waals surface area contributed by atoms with E-state index in [2.05, 4.69) is 5.32 Å². The zero-order chi connectivity index (χ0) is 18.1. The number of hydrogen-bond donors (Lipinski definition) is 2. The number of fused-ring (bicyclic) bond motifs is 2. The Bertz CT molecular complexity index is 1040. The number of carbonyl (C=O) groups excluding carboxylic acids is 1. The molecule has 0 radical (unpaired) electrons. The van der Waals surface area contributed by atoms with Gasteiger partial charge >= 0.3 is 5.63 Å². The van der Waals surface area contributed by atoms with Crippen molar-refractivity contribution in [1.82, 2.24) is 5.32 Å². The van der Waals surface area contributed by atoms with Crippen molar-refractivity contribution in [3.8, 4) is 5.75 Å². The molecule has 1 aliphatic heterocycles. The minimum Gasteiger partial charge on any atom is -0.493 e. The van der Waals surface area contributed by atoms with E-state index in [-0.39, 0.29) is 12.1 Å². The lowest BCUT2D eigenvalue weighted by Crippen LogP contribution is -2.44. The molecule has 0 saturated carbocycles. The SMILES string of the molecule is O=C(NCC1(O)CCOc2ccccc21)c1cc2ccccc2oc1=O. The molecule has 0 fully saturated rings. The van der Waals surface area contributed by atoms with Crippen molar-refractivity contribution in [3.05, 3.63) is 76.1 Å². The first-order valence-corrected chi connectivity index (χ1v) is 8.33. The van der Waals surface area contributed by atoms with Crippen LogP contribution in [0.15, 0.2) is 63.8 Å². The summed E-state index contributed by atoms with van der Waals surface area (Å²) in [6, 6.07) is 15.6.